The van der Waals surface area contributed by atoms with E-state index in [0.717, 1.165) is 106 Å². The van der Waals surface area contributed by atoms with Gasteiger partial charge in [0.05, 0.1) is 75.5 Å². The average molecular weight is 1200 g/mol. The van der Waals surface area contributed by atoms with Crippen molar-refractivity contribution in [1.82, 2.24) is 35.3 Å². The quantitative estimate of drug-likeness (QED) is 0.0316. The summed E-state index contributed by atoms with van der Waals surface area (Å²) in [6.07, 6.45) is 15.5. The molecular weight excluding hydrogens is 1110 g/mol. The van der Waals surface area contributed by atoms with Crippen LogP contribution in [-0.2, 0) is 25.7 Å². The molecule has 2 aromatic heterocycles. The molecule has 83 heavy (non-hydrogen) atoms. The van der Waals surface area contributed by atoms with Crippen LogP contribution in [0.15, 0.2) is 60.2 Å². The fourth-order valence-corrected chi connectivity index (χ4v) is 12.1. The van der Waals surface area contributed by atoms with Crippen LogP contribution in [0.5, 0.6) is 17.2 Å². The van der Waals surface area contributed by atoms with Crippen molar-refractivity contribution in [1.29, 1.82) is 5.26 Å². The van der Waals surface area contributed by atoms with Crippen molar-refractivity contribution < 1.29 is 38.5 Å². The molecule has 0 bridgehead atoms. The Hall–Kier alpha value is -6.23. The molecule has 3 atom stereocenters. The molecule has 2 fully saturated rings. The van der Waals surface area contributed by atoms with Gasteiger partial charge in [0.1, 0.15) is 23.9 Å². The van der Waals surface area contributed by atoms with Crippen molar-refractivity contribution in [2.75, 3.05) is 65.4 Å². The standard InChI is InChI=1S/C63H83Cl2N9O8S/c1-42-59(83-41-69-42)44-24-22-43(23-25-44)38-68-61(78)52-32-46(75)40-74(52)62(79)60(63(2,3)4)71-56(76)20-17-15-13-11-9-7-8-10-12-14-16-18-21-57(77)73-29-27-72(28-30-73)26-19-31-82-55-35-50-47(33-54(55)81-6)58(45(37-66)39-67-50)70-51-36-53(80-5)49(65)34-48(51)64/h22-25,33-36,39,41,46,52,60,75H,7-21,26-32,38,40H2,1-6H3,(H,67,70)(H,68,78)(H,71,76). The molecule has 2 aliphatic heterocycles. The predicted molar refractivity (Wildman–Crippen MR) is 329 cm³/mol. The smallest absolute Gasteiger partial charge is 0.246 e. The van der Waals surface area contributed by atoms with Gasteiger partial charge in [0.15, 0.2) is 11.5 Å². The van der Waals surface area contributed by atoms with Crippen LogP contribution >= 0.6 is 34.5 Å². The number of methoxy groups -OCH3 is 2. The van der Waals surface area contributed by atoms with Crippen molar-refractivity contribution in [3.05, 3.63) is 87.1 Å². The first-order valence-corrected chi connectivity index (χ1v) is 31.0. The molecular formula is C63H83Cl2N9O8S. The molecule has 20 heteroatoms. The Morgan fingerprint density at radius 1 is 0.819 bits per heavy atom. The first kappa shape index (κ1) is 64.3. The maximum atomic E-state index is 14.0. The van der Waals surface area contributed by atoms with Gasteiger partial charge in [-0.3, -0.25) is 29.1 Å². The van der Waals surface area contributed by atoms with Gasteiger partial charge in [0.2, 0.25) is 23.6 Å². The average Bonchev–Trinajstić information content (AvgIpc) is 4.26. The number of benzene rings is 3. The first-order chi connectivity index (χ1) is 40.0. The fourth-order valence-electron chi connectivity index (χ4n) is 10.8. The summed E-state index contributed by atoms with van der Waals surface area (Å²) in [5, 5.41) is 31.2. The molecule has 2 saturated heterocycles. The van der Waals surface area contributed by atoms with E-state index in [4.69, 9.17) is 37.4 Å². The predicted octanol–water partition coefficient (Wildman–Crippen LogP) is 11.8. The molecule has 0 aliphatic carbocycles. The zero-order valence-electron chi connectivity index (χ0n) is 49.1. The number of ether oxygens (including phenoxy) is 3. The van der Waals surface area contributed by atoms with Crippen molar-refractivity contribution in [2.24, 2.45) is 5.41 Å². The molecule has 5 aromatic rings. The number of hydrogen-bond donors (Lipinski definition) is 4. The number of aryl methyl sites for hydroxylation is 1. The second kappa shape index (κ2) is 31.6. The molecule has 4 heterocycles. The summed E-state index contributed by atoms with van der Waals surface area (Å²) >= 11 is 14.4. The number of nitriles is 1. The molecule has 4 N–H and O–H groups in total. The van der Waals surface area contributed by atoms with E-state index in [1.54, 1.807) is 36.6 Å². The lowest BCUT2D eigenvalue weighted by atomic mass is 9.85. The van der Waals surface area contributed by atoms with Crippen molar-refractivity contribution in [3.8, 4) is 33.8 Å². The van der Waals surface area contributed by atoms with Crippen LogP contribution in [0.4, 0.5) is 11.4 Å². The number of rotatable bonds is 30. The van der Waals surface area contributed by atoms with Crippen LogP contribution in [0.2, 0.25) is 10.0 Å². The van der Waals surface area contributed by atoms with Gasteiger partial charge in [-0.1, -0.05) is 132 Å². The van der Waals surface area contributed by atoms with E-state index in [0.29, 0.717) is 74.6 Å². The first-order valence-electron chi connectivity index (χ1n) is 29.4. The zero-order valence-corrected chi connectivity index (χ0v) is 51.5. The number of anilines is 2. The Morgan fingerprint density at radius 2 is 1.47 bits per heavy atom. The topological polar surface area (TPSA) is 212 Å². The summed E-state index contributed by atoms with van der Waals surface area (Å²) < 4.78 is 17.3. The number of likely N-dealkylation sites (tertiary alicyclic amines) is 1. The van der Waals surface area contributed by atoms with Gasteiger partial charge < -0.3 is 45.1 Å². The van der Waals surface area contributed by atoms with E-state index >= 15 is 0 Å². The molecule has 0 saturated carbocycles. The molecule has 3 unspecified atom stereocenters. The summed E-state index contributed by atoms with van der Waals surface area (Å²) in [6.45, 7) is 12.5. The second-order valence-electron chi connectivity index (χ2n) is 22.9. The van der Waals surface area contributed by atoms with Gasteiger partial charge in [-0.2, -0.15) is 5.26 Å². The van der Waals surface area contributed by atoms with Gasteiger partial charge in [0.25, 0.3) is 0 Å². The van der Waals surface area contributed by atoms with Crippen molar-refractivity contribution in [3.63, 3.8) is 0 Å². The van der Waals surface area contributed by atoms with Gasteiger partial charge in [-0.05, 0) is 54.9 Å². The third kappa shape index (κ3) is 18.4. The maximum Gasteiger partial charge on any atom is 0.246 e. The van der Waals surface area contributed by atoms with Gasteiger partial charge in [-0.25, -0.2) is 4.98 Å². The molecule has 3 aromatic carbocycles. The highest BCUT2D eigenvalue weighted by Crippen LogP contribution is 2.41. The van der Waals surface area contributed by atoms with Gasteiger partial charge >= 0.3 is 0 Å². The molecule has 0 spiro atoms. The Morgan fingerprint density at radius 3 is 2.08 bits per heavy atom. The van der Waals surface area contributed by atoms with E-state index in [1.165, 1.54) is 50.3 Å². The number of fused-ring (bicyclic) bond motifs is 1. The third-order valence-electron chi connectivity index (χ3n) is 15.6. The second-order valence-corrected chi connectivity index (χ2v) is 24.6. The molecule has 448 valence electrons. The van der Waals surface area contributed by atoms with Crippen LogP contribution in [-0.4, -0.2) is 132 Å². The largest absolute Gasteiger partial charge is 0.495 e. The number of carbonyl (C=O) groups excluding carboxylic acids is 4. The van der Waals surface area contributed by atoms with E-state index in [-0.39, 0.29) is 43.1 Å². The summed E-state index contributed by atoms with van der Waals surface area (Å²) in [6, 6.07) is 15.4. The van der Waals surface area contributed by atoms with E-state index in [9.17, 15) is 29.5 Å². The van der Waals surface area contributed by atoms with Crippen LogP contribution in [0.25, 0.3) is 21.3 Å². The van der Waals surface area contributed by atoms with Crippen molar-refractivity contribution in [2.45, 2.75) is 155 Å². The Kier molecular flexibility index (Phi) is 24.5. The van der Waals surface area contributed by atoms with E-state index in [2.05, 4.69) is 36.9 Å². The van der Waals surface area contributed by atoms with E-state index in [1.807, 2.05) is 68.4 Å². The number of β-amino-alcohol motifs (C(OH)–C–C–N with tert-alkyl or cyclic N) is 1. The normalized spacial score (nSPS) is 15.9. The van der Waals surface area contributed by atoms with Gasteiger partial charge in [0, 0.05) is 88.8 Å². The highest BCUT2D eigenvalue weighted by molar-refractivity contribution is 7.13. The minimum absolute atomic E-state index is 0.0384. The molecule has 2 aliphatic rings. The summed E-state index contributed by atoms with van der Waals surface area (Å²) in [5.74, 6) is 0.884. The lowest BCUT2D eigenvalue weighted by molar-refractivity contribution is -0.144. The Labute approximate surface area is 503 Å². The number of halogens is 2. The zero-order chi connectivity index (χ0) is 59.5. The Balaban J connectivity index is 0.696. The van der Waals surface area contributed by atoms with E-state index < -0.39 is 23.6 Å². The number of aromatic nitrogens is 2. The summed E-state index contributed by atoms with van der Waals surface area (Å²) in [5.41, 5.74) is 6.14. The van der Waals surface area contributed by atoms with Crippen LogP contribution in [0.1, 0.15) is 140 Å². The number of unbranched alkanes of at least 4 members (excludes halogenated alkanes) is 11. The monoisotopic (exact) mass is 1200 g/mol. The summed E-state index contributed by atoms with van der Waals surface area (Å²) in [7, 11) is 3.09. The lowest BCUT2D eigenvalue weighted by Crippen LogP contribution is -2.57. The number of aliphatic hydroxyl groups is 1. The summed E-state index contributed by atoms with van der Waals surface area (Å²) in [4.78, 5) is 69.6. The number of aliphatic hydroxyl groups excluding tert-OH is 1. The Bertz CT molecular complexity index is 3010. The minimum Gasteiger partial charge on any atom is -0.495 e. The van der Waals surface area contributed by atoms with Crippen LogP contribution in [0.3, 0.4) is 0 Å². The van der Waals surface area contributed by atoms with Crippen LogP contribution in [0, 0.1) is 23.7 Å². The van der Waals surface area contributed by atoms with Crippen molar-refractivity contribution >= 4 is 80.4 Å². The number of pyridine rings is 1. The maximum absolute atomic E-state index is 14.0. The minimum atomic E-state index is -0.840. The third-order valence-corrected chi connectivity index (χ3v) is 17.2. The number of piperazine rings is 1. The number of thiazole rings is 1. The number of hydrogen-bond acceptors (Lipinski definition) is 14. The lowest BCUT2D eigenvalue weighted by Gasteiger charge is -2.35. The number of carbonyl (C=O) groups is 4. The number of nitrogens with zero attached hydrogens (tertiary/aromatic N) is 6. The molecule has 17 nitrogen and oxygen atoms in total. The molecule has 7 rings (SSSR count). The molecule has 4 amide bonds. The van der Waals surface area contributed by atoms with Crippen LogP contribution < -0.4 is 30.2 Å². The highest BCUT2D eigenvalue weighted by atomic mass is 35.5. The number of nitrogens with one attached hydrogen (secondary N) is 3. The van der Waals surface area contributed by atoms with Gasteiger partial charge in [-0.15, -0.1) is 11.3 Å². The highest BCUT2D eigenvalue weighted by Gasteiger charge is 2.44. The molecule has 0 radical (unpaired) electrons. The fraction of sp³-hybridized carbons (Fsp3) is 0.540. The SMILES string of the molecule is COc1cc(Nc2c(C#N)cnc3cc(OCCCN4CCN(C(=O)CCCCCCCCCCCCCCC(=O)NC(C(=O)N5CC(O)CC5C(=O)NCc5ccc(-c6scnc6C)cc5)C(C)(C)C)CC4)c(OC)cc23)c(Cl)cc1Cl. The number of amides is 4.